The number of urea groups is 1. The zero-order valence-electron chi connectivity index (χ0n) is 17.8. The second-order valence-corrected chi connectivity index (χ2v) is 7.55. The Morgan fingerprint density at radius 3 is 2.39 bits per heavy atom. The quantitative estimate of drug-likeness (QED) is 0.532. The molecule has 1 aliphatic heterocycles. The molecule has 0 aliphatic carbocycles. The molecule has 0 radical (unpaired) electrons. The number of nitrogens with zero attached hydrogens (tertiary/aromatic N) is 5. The fourth-order valence-corrected chi connectivity index (χ4v) is 3.46. The van der Waals surface area contributed by atoms with E-state index in [-0.39, 0.29) is 42.0 Å². The molecule has 1 aromatic heterocycles. The summed E-state index contributed by atoms with van der Waals surface area (Å²) in [6.07, 6.45) is -2.90. The molecule has 4 rings (SSSR count). The van der Waals surface area contributed by atoms with Gasteiger partial charge >= 0.3 is 12.5 Å². The van der Waals surface area contributed by atoms with Crippen LogP contribution in [-0.2, 0) is 6.54 Å². The first-order chi connectivity index (χ1) is 15.4. The first kappa shape index (κ1) is 24.5. The molecule has 0 saturated carbocycles. The van der Waals surface area contributed by atoms with Gasteiger partial charge in [0.1, 0.15) is 5.82 Å². The fourth-order valence-electron chi connectivity index (χ4n) is 3.46. The molecule has 1 fully saturated rings. The van der Waals surface area contributed by atoms with Crippen molar-refractivity contribution in [2.24, 2.45) is 0 Å². The first-order valence-corrected chi connectivity index (χ1v) is 10.1. The zero-order chi connectivity index (χ0) is 22.7. The highest BCUT2D eigenvalue weighted by Gasteiger charge is 2.26. The number of hydrogen-bond donors (Lipinski definition) is 0. The summed E-state index contributed by atoms with van der Waals surface area (Å²) >= 11 is 0. The lowest BCUT2D eigenvalue weighted by atomic mass is 10.1. The number of benzene rings is 2. The zero-order valence-corrected chi connectivity index (χ0v) is 18.6. The van der Waals surface area contributed by atoms with Gasteiger partial charge in [-0.15, -0.1) is 22.6 Å². The van der Waals surface area contributed by atoms with Crippen LogP contribution >= 0.6 is 12.4 Å². The van der Waals surface area contributed by atoms with Crippen LogP contribution in [0.15, 0.2) is 52.9 Å². The second-order valence-electron chi connectivity index (χ2n) is 7.55. The molecule has 176 valence electrons. The van der Waals surface area contributed by atoms with Gasteiger partial charge in [0.25, 0.3) is 5.89 Å². The average Bonchev–Trinajstić information content (AvgIpc) is 3.30. The Hall–Kier alpha value is -3.11. The molecule has 2 amide bonds. The van der Waals surface area contributed by atoms with Crippen molar-refractivity contribution in [1.82, 2.24) is 20.0 Å². The van der Waals surface area contributed by atoms with Crippen LogP contribution in [0.25, 0.3) is 11.5 Å². The second kappa shape index (κ2) is 10.7. The predicted octanol–water partition coefficient (Wildman–Crippen LogP) is 4.61. The van der Waals surface area contributed by atoms with Crippen molar-refractivity contribution in [3.63, 3.8) is 0 Å². The molecule has 33 heavy (non-hydrogen) atoms. The SMILES string of the molecule is CN1CCN(C(=O)N(Cc2ccc(-c3nnc(C(F)F)o3)cc2F)c2ccccc2)CC1.Cl. The molecule has 0 N–H and O–H groups in total. The van der Waals surface area contributed by atoms with Crippen LogP contribution in [0.2, 0.25) is 0 Å². The maximum atomic E-state index is 14.9. The summed E-state index contributed by atoms with van der Waals surface area (Å²) in [4.78, 5) is 18.7. The van der Waals surface area contributed by atoms with Gasteiger partial charge in [-0.3, -0.25) is 4.90 Å². The Morgan fingerprint density at radius 1 is 1.09 bits per heavy atom. The monoisotopic (exact) mass is 481 g/mol. The highest BCUT2D eigenvalue weighted by Crippen LogP contribution is 2.26. The number of anilines is 1. The number of alkyl halides is 2. The van der Waals surface area contributed by atoms with Crippen LogP contribution in [0.5, 0.6) is 0 Å². The van der Waals surface area contributed by atoms with E-state index in [0.717, 1.165) is 19.2 Å². The first-order valence-electron chi connectivity index (χ1n) is 10.1. The molecule has 2 aromatic carbocycles. The number of carbonyl (C=O) groups is 1. The minimum Gasteiger partial charge on any atom is -0.415 e. The van der Waals surface area contributed by atoms with Crippen molar-refractivity contribution >= 4 is 24.1 Å². The summed E-state index contributed by atoms with van der Waals surface area (Å²) in [5.41, 5.74) is 1.11. The minimum atomic E-state index is -2.90. The number of rotatable bonds is 5. The summed E-state index contributed by atoms with van der Waals surface area (Å²) < 4.78 is 45.2. The Kier molecular flexibility index (Phi) is 7.93. The van der Waals surface area contributed by atoms with E-state index in [1.54, 1.807) is 17.0 Å². The van der Waals surface area contributed by atoms with Gasteiger partial charge in [0.15, 0.2) is 0 Å². The third kappa shape index (κ3) is 5.63. The van der Waals surface area contributed by atoms with Crippen LogP contribution in [-0.4, -0.2) is 59.3 Å². The number of piperazine rings is 1. The molecule has 3 aromatic rings. The number of hydrogen-bond acceptors (Lipinski definition) is 5. The third-order valence-electron chi connectivity index (χ3n) is 5.33. The van der Waals surface area contributed by atoms with E-state index in [9.17, 15) is 18.0 Å². The Balaban J connectivity index is 0.00000306. The number of likely N-dealkylation sites (N-methyl/N-ethyl adjacent to an activating group) is 1. The van der Waals surface area contributed by atoms with Crippen molar-refractivity contribution in [2.45, 2.75) is 13.0 Å². The number of halogens is 4. The van der Waals surface area contributed by atoms with E-state index in [4.69, 9.17) is 4.42 Å². The lowest BCUT2D eigenvalue weighted by molar-refractivity contribution is 0.116. The fraction of sp³-hybridized carbons (Fsp3) is 0.318. The summed E-state index contributed by atoms with van der Waals surface area (Å²) in [7, 11) is 2.00. The van der Waals surface area contributed by atoms with Gasteiger partial charge in [0.05, 0.1) is 6.54 Å². The number of amides is 2. The van der Waals surface area contributed by atoms with Crippen molar-refractivity contribution < 1.29 is 22.4 Å². The lowest BCUT2D eigenvalue weighted by Gasteiger charge is -2.36. The molecular weight excluding hydrogens is 459 g/mol. The topological polar surface area (TPSA) is 65.7 Å². The highest BCUT2D eigenvalue weighted by molar-refractivity contribution is 5.92. The largest absolute Gasteiger partial charge is 0.415 e. The van der Waals surface area contributed by atoms with Gasteiger partial charge in [-0.2, -0.15) is 8.78 Å². The summed E-state index contributed by atoms with van der Waals surface area (Å²) in [6, 6.07) is 13.0. The molecule has 2 heterocycles. The summed E-state index contributed by atoms with van der Waals surface area (Å²) in [6.45, 7) is 2.71. The van der Waals surface area contributed by atoms with E-state index in [2.05, 4.69) is 15.1 Å². The molecule has 1 aliphatic rings. The number of para-hydroxylation sites is 1. The van der Waals surface area contributed by atoms with E-state index >= 15 is 0 Å². The van der Waals surface area contributed by atoms with Crippen molar-refractivity contribution in [1.29, 1.82) is 0 Å². The average molecular weight is 482 g/mol. The van der Waals surface area contributed by atoms with E-state index in [0.29, 0.717) is 18.8 Å². The lowest BCUT2D eigenvalue weighted by Crippen LogP contribution is -2.52. The number of aromatic nitrogens is 2. The van der Waals surface area contributed by atoms with Crippen molar-refractivity contribution in [2.75, 3.05) is 38.1 Å². The molecular formula is C22H23ClF3N5O2. The van der Waals surface area contributed by atoms with Gasteiger partial charge < -0.3 is 14.2 Å². The highest BCUT2D eigenvalue weighted by atomic mass is 35.5. The molecule has 7 nitrogen and oxygen atoms in total. The molecule has 11 heteroatoms. The third-order valence-corrected chi connectivity index (χ3v) is 5.33. The van der Waals surface area contributed by atoms with Crippen LogP contribution in [0, 0.1) is 5.82 Å². The summed E-state index contributed by atoms with van der Waals surface area (Å²) in [5.74, 6) is -1.62. The standard InChI is InChI=1S/C22H22F3N5O2.ClH/c1-28-9-11-29(12-10-28)22(31)30(17-5-3-2-4-6-17)14-16-8-7-15(13-18(16)23)20-26-27-21(32-20)19(24)25;/h2-8,13,19H,9-12,14H2,1H3;1H. The van der Waals surface area contributed by atoms with E-state index in [1.165, 1.54) is 17.0 Å². The Labute approximate surface area is 195 Å². The molecule has 0 bridgehead atoms. The minimum absolute atomic E-state index is 0. The Morgan fingerprint density at radius 2 is 1.79 bits per heavy atom. The van der Waals surface area contributed by atoms with E-state index < -0.39 is 18.1 Å². The molecule has 0 atom stereocenters. The van der Waals surface area contributed by atoms with Crippen LogP contribution in [0.4, 0.5) is 23.7 Å². The van der Waals surface area contributed by atoms with Crippen LogP contribution in [0.3, 0.4) is 0 Å². The van der Waals surface area contributed by atoms with E-state index in [1.807, 2.05) is 25.2 Å². The van der Waals surface area contributed by atoms with Crippen molar-refractivity contribution in [3.8, 4) is 11.5 Å². The molecule has 0 unspecified atom stereocenters. The smallest absolute Gasteiger partial charge is 0.324 e. The maximum Gasteiger partial charge on any atom is 0.324 e. The van der Waals surface area contributed by atoms with Gasteiger partial charge in [0.2, 0.25) is 5.89 Å². The van der Waals surface area contributed by atoms with Gasteiger partial charge in [-0.25, -0.2) is 9.18 Å². The van der Waals surface area contributed by atoms with Gasteiger partial charge in [-0.1, -0.05) is 24.3 Å². The predicted molar refractivity (Wildman–Crippen MR) is 119 cm³/mol. The van der Waals surface area contributed by atoms with Crippen LogP contribution < -0.4 is 4.90 Å². The number of carbonyl (C=O) groups excluding carboxylic acids is 1. The summed E-state index contributed by atoms with van der Waals surface area (Å²) in [5, 5.41) is 6.81. The van der Waals surface area contributed by atoms with Gasteiger partial charge in [0, 0.05) is 43.0 Å². The normalized spacial score (nSPS) is 14.3. The van der Waals surface area contributed by atoms with Crippen molar-refractivity contribution in [3.05, 3.63) is 65.8 Å². The maximum absolute atomic E-state index is 14.9. The molecule has 1 saturated heterocycles. The molecule has 0 spiro atoms. The van der Waals surface area contributed by atoms with Crippen LogP contribution in [0.1, 0.15) is 17.9 Å². The Bertz CT molecular complexity index is 1070. The van der Waals surface area contributed by atoms with Gasteiger partial charge in [-0.05, 0) is 31.3 Å².